The van der Waals surface area contributed by atoms with E-state index in [0.29, 0.717) is 29.3 Å². The number of para-hydroxylation sites is 1. The third-order valence-electron chi connectivity index (χ3n) is 3.98. The van der Waals surface area contributed by atoms with Crippen molar-refractivity contribution in [3.63, 3.8) is 0 Å². The Labute approximate surface area is 146 Å². The van der Waals surface area contributed by atoms with Gasteiger partial charge >= 0.3 is 0 Å². The summed E-state index contributed by atoms with van der Waals surface area (Å²) in [6, 6.07) is 15.0. The summed E-state index contributed by atoms with van der Waals surface area (Å²) in [6.07, 6.45) is 0. The average molecular weight is 336 g/mol. The van der Waals surface area contributed by atoms with Gasteiger partial charge in [0, 0.05) is 23.6 Å². The highest BCUT2D eigenvalue weighted by atomic mass is 16.5. The third kappa shape index (κ3) is 3.26. The van der Waals surface area contributed by atoms with Gasteiger partial charge in [0.05, 0.1) is 31.0 Å². The quantitative estimate of drug-likeness (QED) is 0.772. The number of carbonyl (C=O) groups is 1. The molecule has 25 heavy (non-hydrogen) atoms. The van der Waals surface area contributed by atoms with Crippen LogP contribution in [0, 0.1) is 0 Å². The van der Waals surface area contributed by atoms with Gasteiger partial charge in [-0.2, -0.15) is 0 Å². The molecule has 5 heteroatoms. The molecule has 0 radical (unpaired) electrons. The maximum atomic E-state index is 12.5. The van der Waals surface area contributed by atoms with Crippen LogP contribution in [0.15, 0.2) is 48.5 Å². The molecule has 1 aromatic heterocycles. The lowest BCUT2D eigenvalue weighted by molar-refractivity contribution is 0.0957. The first-order chi connectivity index (χ1) is 12.2. The number of ether oxygens (including phenoxy) is 2. The van der Waals surface area contributed by atoms with E-state index in [4.69, 9.17) is 14.5 Å². The van der Waals surface area contributed by atoms with E-state index in [2.05, 4.69) is 5.32 Å². The van der Waals surface area contributed by atoms with Crippen LogP contribution >= 0.6 is 0 Å². The fourth-order valence-electron chi connectivity index (χ4n) is 2.77. The van der Waals surface area contributed by atoms with Gasteiger partial charge in [-0.15, -0.1) is 0 Å². The van der Waals surface area contributed by atoms with E-state index in [-0.39, 0.29) is 5.91 Å². The molecule has 1 N–H and O–H groups in total. The van der Waals surface area contributed by atoms with Gasteiger partial charge < -0.3 is 14.8 Å². The van der Waals surface area contributed by atoms with Crippen LogP contribution in [0.4, 0.5) is 0 Å². The van der Waals surface area contributed by atoms with Gasteiger partial charge in [0.15, 0.2) is 0 Å². The molecule has 3 rings (SSSR count). The van der Waals surface area contributed by atoms with Crippen molar-refractivity contribution in [2.24, 2.45) is 0 Å². The molecular weight excluding hydrogens is 316 g/mol. The van der Waals surface area contributed by atoms with Gasteiger partial charge in [-0.25, -0.2) is 4.98 Å². The first kappa shape index (κ1) is 16.8. The van der Waals surface area contributed by atoms with Crippen LogP contribution in [-0.2, 0) is 0 Å². The molecule has 5 nitrogen and oxygen atoms in total. The van der Waals surface area contributed by atoms with Gasteiger partial charge in [-0.3, -0.25) is 4.79 Å². The van der Waals surface area contributed by atoms with Crippen LogP contribution in [-0.4, -0.2) is 31.7 Å². The largest absolute Gasteiger partial charge is 0.497 e. The molecule has 1 heterocycles. The summed E-state index contributed by atoms with van der Waals surface area (Å²) < 4.78 is 10.7. The summed E-state index contributed by atoms with van der Waals surface area (Å²) in [5.41, 5.74) is 2.85. The third-order valence-corrected chi connectivity index (χ3v) is 3.98. The van der Waals surface area contributed by atoms with Crippen LogP contribution in [0.5, 0.6) is 11.5 Å². The van der Waals surface area contributed by atoms with Gasteiger partial charge in [-0.1, -0.05) is 18.2 Å². The monoisotopic (exact) mass is 336 g/mol. The lowest BCUT2D eigenvalue weighted by atomic mass is 10.0. The Bertz CT molecular complexity index is 922. The summed E-state index contributed by atoms with van der Waals surface area (Å²) >= 11 is 0. The first-order valence-electron chi connectivity index (χ1n) is 8.08. The minimum Gasteiger partial charge on any atom is -0.497 e. The smallest absolute Gasteiger partial charge is 0.252 e. The molecule has 0 unspecified atom stereocenters. The number of hydrogen-bond acceptors (Lipinski definition) is 4. The molecule has 0 aliphatic heterocycles. The Morgan fingerprint density at radius 2 is 1.88 bits per heavy atom. The topological polar surface area (TPSA) is 60.5 Å². The lowest BCUT2D eigenvalue weighted by Gasteiger charge is -2.13. The van der Waals surface area contributed by atoms with E-state index in [1.54, 1.807) is 26.4 Å². The second kappa shape index (κ2) is 7.21. The number of aromatic nitrogens is 1. The Morgan fingerprint density at radius 3 is 2.60 bits per heavy atom. The average Bonchev–Trinajstić information content (AvgIpc) is 2.66. The number of hydrogen-bond donors (Lipinski definition) is 1. The first-order valence-corrected chi connectivity index (χ1v) is 8.08. The number of nitrogens with zero attached hydrogens (tertiary/aromatic N) is 1. The number of fused-ring (bicyclic) bond motifs is 1. The standard InChI is InChI=1S/C20H20N2O3/c1-4-21-20(23)16-12-18(22-17-8-6-5-7-14(16)17)15-10-9-13(24-2)11-19(15)25-3/h5-12H,4H2,1-3H3,(H,21,23). The molecule has 0 saturated heterocycles. The molecule has 128 valence electrons. The predicted molar refractivity (Wildman–Crippen MR) is 98.3 cm³/mol. The summed E-state index contributed by atoms with van der Waals surface area (Å²) in [7, 11) is 3.21. The number of carbonyl (C=O) groups excluding carboxylic acids is 1. The molecule has 1 amide bonds. The Morgan fingerprint density at radius 1 is 1.08 bits per heavy atom. The van der Waals surface area contributed by atoms with Crippen LogP contribution < -0.4 is 14.8 Å². The lowest BCUT2D eigenvalue weighted by Crippen LogP contribution is -2.23. The number of pyridine rings is 1. The van der Waals surface area contributed by atoms with E-state index in [1.807, 2.05) is 43.3 Å². The van der Waals surface area contributed by atoms with E-state index in [0.717, 1.165) is 16.5 Å². The molecule has 0 bridgehead atoms. The summed E-state index contributed by atoms with van der Waals surface area (Å²) in [5, 5.41) is 3.69. The molecule has 0 saturated carbocycles. The van der Waals surface area contributed by atoms with Crippen LogP contribution in [0.3, 0.4) is 0 Å². The van der Waals surface area contributed by atoms with Crippen molar-refractivity contribution in [1.82, 2.24) is 10.3 Å². The maximum Gasteiger partial charge on any atom is 0.252 e. The Kier molecular flexibility index (Phi) is 4.84. The molecular formula is C20H20N2O3. The minimum absolute atomic E-state index is 0.116. The highest BCUT2D eigenvalue weighted by Gasteiger charge is 2.15. The second-order valence-electron chi connectivity index (χ2n) is 5.50. The van der Waals surface area contributed by atoms with E-state index in [9.17, 15) is 4.79 Å². The Balaban J connectivity index is 2.22. The summed E-state index contributed by atoms with van der Waals surface area (Å²) in [5.74, 6) is 1.23. The van der Waals surface area contributed by atoms with E-state index >= 15 is 0 Å². The number of amides is 1. The molecule has 3 aromatic rings. The van der Waals surface area contributed by atoms with Gasteiger partial charge in [-0.05, 0) is 31.2 Å². The highest BCUT2D eigenvalue weighted by molar-refractivity contribution is 6.07. The Hall–Kier alpha value is -3.08. The zero-order valence-electron chi connectivity index (χ0n) is 14.5. The van der Waals surface area contributed by atoms with Crippen molar-refractivity contribution in [3.8, 4) is 22.8 Å². The molecule has 2 aromatic carbocycles. The van der Waals surface area contributed by atoms with Gasteiger partial charge in [0.25, 0.3) is 5.91 Å². The highest BCUT2D eigenvalue weighted by Crippen LogP contribution is 2.34. The molecule has 0 aliphatic rings. The summed E-state index contributed by atoms with van der Waals surface area (Å²) in [6.45, 7) is 2.46. The number of benzene rings is 2. The van der Waals surface area contributed by atoms with Crippen molar-refractivity contribution in [2.45, 2.75) is 6.92 Å². The zero-order chi connectivity index (χ0) is 17.8. The fraction of sp³-hybridized carbons (Fsp3) is 0.200. The molecule has 0 spiro atoms. The number of nitrogens with one attached hydrogen (secondary N) is 1. The van der Waals surface area contributed by atoms with E-state index < -0.39 is 0 Å². The maximum absolute atomic E-state index is 12.5. The van der Waals surface area contributed by atoms with Crippen molar-refractivity contribution in [3.05, 3.63) is 54.1 Å². The van der Waals surface area contributed by atoms with Crippen molar-refractivity contribution < 1.29 is 14.3 Å². The van der Waals surface area contributed by atoms with Crippen molar-refractivity contribution >= 4 is 16.8 Å². The minimum atomic E-state index is -0.116. The van der Waals surface area contributed by atoms with Crippen LogP contribution in [0.1, 0.15) is 17.3 Å². The fourth-order valence-corrected chi connectivity index (χ4v) is 2.77. The van der Waals surface area contributed by atoms with Crippen LogP contribution in [0.25, 0.3) is 22.2 Å². The zero-order valence-corrected chi connectivity index (χ0v) is 14.5. The normalized spacial score (nSPS) is 10.5. The van der Waals surface area contributed by atoms with E-state index in [1.165, 1.54) is 0 Å². The van der Waals surface area contributed by atoms with Gasteiger partial charge in [0.2, 0.25) is 0 Å². The van der Waals surface area contributed by atoms with Crippen molar-refractivity contribution in [2.75, 3.05) is 20.8 Å². The second-order valence-corrected chi connectivity index (χ2v) is 5.50. The molecule has 0 fully saturated rings. The van der Waals surface area contributed by atoms with Crippen molar-refractivity contribution in [1.29, 1.82) is 0 Å². The summed E-state index contributed by atoms with van der Waals surface area (Å²) in [4.78, 5) is 17.2. The number of rotatable bonds is 5. The predicted octanol–water partition coefficient (Wildman–Crippen LogP) is 3.67. The molecule has 0 atom stereocenters. The SMILES string of the molecule is CCNC(=O)c1cc(-c2ccc(OC)cc2OC)nc2ccccc12. The van der Waals surface area contributed by atoms with Gasteiger partial charge in [0.1, 0.15) is 11.5 Å². The van der Waals surface area contributed by atoms with Crippen LogP contribution in [0.2, 0.25) is 0 Å². The number of methoxy groups -OCH3 is 2. The molecule has 0 aliphatic carbocycles.